The van der Waals surface area contributed by atoms with Crippen LogP contribution in [0.25, 0.3) is 0 Å². The maximum absolute atomic E-state index is 13.3. The van der Waals surface area contributed by atoms with Crippen molar-refractivity contribution in [3.05, 3.63) is 66.3 Å². The summed E-state index contributed by atoms with van der Waals surface area (Å²) in [6, 6.07) is 5.70. The Morgan fingerprint density at radius 3 is 2.92 bits per heavy atom. The smallest absolute Gasteiger partial charge is 0.338 e. The third-order valence-corrected chi connectivity index (χ3v) is 8.60. The number of fused-ring (bicyclic) bond motifs is 2. The Kier molecular flexibility index (Phi) is 7.39. The third kappa shape index (κ3) is 5.00. The molecular weight excluding hydrogens is 528 g/mol. The second kappa shape index (κ2) is 10.6. The summed E-state index contributed by atoms with van der Waals surface area (Å²) in [5.41, 5.74) is 2.34. The number of nitrogens with one attached hydrogen (secondary N) is 1. The molecule has 0 fully saturated rings. The topological polar surface area (TPSA) is 106 Å². The molecule has 0 radical (unpaired) electrons. The summed E-state index contributed by atoms with van der Waals surface area (Å²) >= 11 is 7.83. The lowest BCUT2D eigenvalue weighted by Crippen LogP contribution is -2.42. The molecule has 4 heterocycles. The zero-order chi connectivity index (χ0) is 27.1. The van der Waals surface area contributed by atoms with E-state index in [1.807, 2.05) is 33.2 Å². The lowest BCUT2D eigenvalue weighted by molar-refractivity contribution is 0.0698. The predicted molar refractivity (Wildman–Crippen MR) is 148 cm³/mol. The summed E-state index contributed by atoms with van der Waals surface area (Å²) < 4.78 is 13.7. The molecule has 0 amide bonds. The van der Waals surface area contributed by atoms with Crippen LogP contribution in [0.1, 0.15) is 51.4 Å². The van der Waals surface area contributed by atoms with Gasteiger partial charge in [0.1, 0.15) is 24.8 Å². The number of rotatable bonds is 7. The molecule has 0 saturated heterocycles. The molecule has 2 aromatic heterocycles. The molecule has 2 N–H and O–H groups in total. The van der Waals surface area contributed by atoms with Crippen molar-refractivity contribution in [2.45, 2.75) is 51.2 Å². The second-order valence-electron chi connectivity index (χ2n) is 10.1. The molecule has 5 rings (SSSR count). The fourth-order valence-electron chi connectivity index (χ4n) is 5.17. The summed E-state index contributed by atoms with van der Waals surface area (Å²) in [5.74, 6) is 0.649. The van der Waals surface area contributed by atoms with Gasteiger partial charge in [-0.15, -0.1) is 11.3 Å². The normalized spacial score (nSPS) is 20.3. The Morgan fingerprint density at radius 1 is 1.39 bits per heavy atom. The summed E-state index contributed by atoms with van der Waals surface area (Å²) in [6.45, 7) is 4.92. The molecule has 9 nitrogen and oxygen atoms in total. The molecule has 0 aliphatic carbocycles. The average molecular weight is 559 g/mol. The first-order chi connectivity index (χ1) is 18.1. The van der Waals surface area contributed by atoms with Crippen LogP contribution in [0.4, 0.5) is 5.69 Å². The first kappa shape index (κ1) is 26.5. The van der Waals surface area contributed by atoms with E-state index in [-0.39, 0.29) is 35.7 Å². The molecular formula is C27H31ClN4O5S. The Hall–Kier alpha value is -3.08. The monoisotopic (exact) mass is 558 g/mol. The van der Waals surface area contributed by atoms with Crippen LogP contribution in [0.2, 0.25) is 5.02 Å². The van der Waals surface area contributed by atoms with Gasteiger partial charge in [0.25, 0.3) is 5.56 Å². The van der Waals surface area contributed by atoms with Crippen LogP contribution >= 0.6 is 22.9 Å². The van der Waals surface area contributed by atoms with Crippen LogP contribution < -0.4 is 20.3 Å². The van der Waals surface area contributed by atoms with Gasteiger partial charge in [0, 0.05) is 45.3 Å². The van der Waals surface area contributed by atoms with E-state index in [0.29, 0.717) is 53.3 Å². The Bertz CT molecular complexity index is 1440. The number of likely N-dealkylation sites (N-methyl/N-ethyl adjacent to an activating group) is 1. The molecule has 2 aliphatic rings. The number of nitrogens with zero attached hydrogens (tertiary/aromatic N) is 3. The highest BCUT2D eigenvalue weighted by Crippen LogP contribution is 2.47. The number of aromatic carboxylic acids is 1. The van der Waals surface area contributed by atoms with Crippen molar-refractivity contribution in [3.8, 4) is 11.6 Å². The van der Waals surface area contributed by atoms with E-state index in [9.17, 15) is 14.7 Å². The first-order valence-corrected chi connectivity index (χ1v) is 13.8. The Labute approximate surface area is 230 Å². The highest BCUT2D eigenvalue weighted by Gasteiger charge is 2.33. The minimum Gasteiger partial charge on any atom is -0.491 e. The van der Waals surface area contributed by atoms with E-state index in [1.165, 1.54) is 11.3 Å². The number of hydrogen-bond donors (Lipinski definition) is 2. The number of carboxylic acid groups (broad SMARTS) is 1. The van der Waals surface area contributed by atoms with E-state index >= 15 is 0 Å². The van der Waals surface area contributed by atoms with Gasteiger partial charge in [-0.3, -0.25) is 9.36 Å². The van der Waals surface area contributed by atoms with Crippen LogP contribution in [0.3, 0.4) is 0 Å². The molecule has 0 spiro atoms. The molecule has 38 heavy (non-hydrogen) atoms. The van der Waals surface area contributed by atoms with Crippen LogP contribution in [-0.4, -0.2) is 64.9 Å². The molecule has 3 atom stereocenters. The number of halogens is 1. The maximum atomic E-state index is 13.3. The van der Waals surface area contributed by atoms with E-state index in [1.54, 1.807) is 22.9 Å². The van der Waals surface area contributed by atoms with Gasteiger partial charge >= 0.3 is 5.97 Å². The fourth-order valence-corrected chi connectivity index (χ4v) is 6.49. The van der Waals surface area contributed by atoms with Crippen molar-refractivity contribution < 1.29 is 19.4 Å². The SMILES string of the molecule is Cc1nc2c(c(=O)n1CCOc1ccc(Cl)cc1C1CC(C)Nc3c(C(=O)O)csc31)CC(N(C)C)CO2. The number of thiophene rings is 1. The van der Waals surface area contributed by atoms with E-state index in [4.69, 9.17) is 21.1 Å². The van der Waals surface area contributed by atoms with Gasteiger partial charge in [-0.2, -0.15) is 0 Å². The van der Waals surface area contributed by atoms with Crippen LogP contribution in [0.5, 0.6) is 11.6 Å². The number of benzene rings is 1. The minimum absolute atomic E-state index is 0.0666. The molecule has 11 heteroatoms. The third-order valence-electron chi connectivity index (χ3n) is 7.26. The highest BCUT2D eigenvalue weighted by atomic mass is 35.5. The number of aryl methyl sites for hydroxylation is 1. The van der Waals surface area contributed by atoms with Crippen LogP contribution in [-0.2, 0) is 13.0 Å². The Balaban J connectivity index is 1.40. The van der Waals surface area contributed by atoms with Crippen molar-refractivity contribution in [3.63, 3.8) is 0 Å². The molecule has 0 saturated carbocycles. The molecule has 3 unspecified atom stereocenters. The van der Waals surface area contributed by atoms with Crippen molar-refractivity contribution in [1.29, 1.82) is 0 Å². The zero-order valence-corrected chi connectivity index (χ0v) is 23.4. The molecule has 202 valence electrons. The summed E-state index contributed by atoms with van der Waals surface area (Å²) in [6.07, 6.45) is 1.36. The number of carbonyl (C=O) groups is 1. The number of anilines is 1. The van der Waals surface area contributed by atoms with Gasteiger partial charge in [-0.25, -0.2) is 9.78 Å². The van der Waals surface area contributed by atoms with E-state index < -0.39 is 5.97 Å². The fraction of sp³-hybridized carbons (Fsp3) is 0.444. The average Bonchev–Trinajstić information content (AvgIpc) is 3.30. The van der Waals surface area contributed by atoms with Crippen molar-refractivity contribution in [1.82, 2.24) is 14.5 Å². The van der Waals surface area contributed by atoms with Gasteiger partial charge in [0.2, 0.25) is 5.88 Å². The van der Waals surface area contributed by atoms with E-state index in [2.05, 4.69) is 15.2 Å². The minimum atomic E-state index is -0.952. The van der Waals surface area contributed by atoms with Gasteiger partial charge in [-0.05, 0) is 52.6 Å². The summed E-state index contributed by atoms with van der Waals surface area (Å²) in [7, 11) is 3.95. The lowest BCUT2D eigenvalue weighted by atomic mass is 9.86. The van der Waals surface area contributed by atoms with Crippen LogP contribution in [0, 0.1) is 6.92 Å². The van der Waals surface area contributed by atoms with Crippen molar-refractivity contribution >= 4 is 34.6 Å². The molecule has 2 aliphatic heterocycles. The molecule has 3 aromatic rings. The maximum Gasteiger partial charge on any atom is 0.338 e. The van der Waals surface area contributed by atoms with E-state index in [0.717, 1.165) is 16.9 Å². The largest absolute Gasteiger partial charge is 0.491 e. The van der Waals surface area contributed by atoms with Gasteiger partial charge in [0.15, 0.2) is 0 Å². The van der Waals surface area contributed by atoms with Crippen molar-refractivity contribution in [2.24, 2.45) is 0 Å². The van der Waals surface area contributed by atoms with Crippen molar-refractivity contribution in [2.75, 3.05) is 32.6 Å². The summed E-state index contributed by atoms with van der Waals surface area (Å²) in [5, 5.41) is 15.2. The van der Waals surface area contributed by atoms with Gasteiger partial charge in [0.05, 0.1) is 23.4 Å². The number of hydrogen-bond acceptors (Lipinski definition) is 8. The molecule has 1 aromatic carbocycles. The van der Waals surface area contributed by atoms with Gasteiger partial charge in [-0.1, -0.05) is 11.6 Å². The predicted octanol–water partition coefficient (Wildman–Crippen LogP) is 4.24. The Morgan fingerprint density at radius 2 is 2.18 bits per heavy atom. The van der Waals surface area contributed by atoms with Gasteiger partial charge < -0.3 is 24.8 Å². The second-order valence-corrected chi connectivity index (χ2v) is 11.4. The lowest BCUT2D eigenvalue weighted by Gasteiger charge is -2.31. The number of carboxylic acids is 1. The molecule has 0 bridgehead atoms. The number of aromatic nitrogens is 2. The highest BCUT2D eigenvalue weighted by molar-refractivity contribution is 7.11. The van der Waals surface area contributed by atoms with Crippen LogP contribution in [0.15, 0.2) is 28.4 Å². The summed E-state index contributed by atoms with van der Waals surface area (Å²) in [4.78, 5) is 32.6. The standard InChI is InChI=1S/C27H31ClN4O5S/c1-14-9-19(24-23(29-14)21(13-38-24)27(34)35)18-10-16(28)5-6-22(18)36-8-7-32-15(2)30-25-20(26(32)33)11-17(12-37-25)31(3)4/h5-6,10,13-14,17,19,29H,7-9,11-12H2,1-4H3,(H,34,35). The quantitative estimate of drug-likeness (QED) is 0.443. The first-order valence-electron chi connectivity index (χ1n) is 12.6. The zero-order valence-electron chi connectivity index (χ0n) is 21.8. The number of ether oxygens (including phenoxy) is 2.